The van der Waals surface area contributed by atoms with Crippen molar-refractivity contribution in [2.75, 3.05) is 13.1 Å². The molecule has 0 amide bonds. The Balaban J connectivity index is 2.54. The molecule has 0 saturated carbocycles. The molecule has 0 aliphatic carbocycles. The minimum Gasteiger partial charge on any atom is -0.459 e. The molecule has 2 atom stereocenters. The summed E-state index contributed by atoms with van der Waals surface area (Å²) >= 11 is 0. The molecule has 0 spiro atoms. The van der Waals surface area contributed by atoms with Gasteiger partial charge < -0.3 is 9.84 Å². The van der Waals surface area contributed by atoms with E-state index in [1.54, 1.807) is 0 Å². The standard InChI is InChI=1S/C13H25NO3/c1-5-10(15)9-14-8-6-7-11(14)12(16)17-13(2,3)4/h10-11,15H,5-9H2,1-4H3/t10?,11-/m1/s1. The monoisotopic (exact) mass is 243 g/mol. The molecule has 1 heterocycles. The van der Waals surface area contributed by atoms with Gasteiger partial charge >= 0.3 is 5.97 Å². The molecule has 4 nitrogen and oxygen atoms in total. The fourth-order valence-corrected chi connectivity index (χ4v) is 2.08. The number of ether oxygens (including phenoxy) is 1. The van der Waals surface area contributed by atoms with Crippen LogP contribution in [0.1, 0.15) is 47.0 Å². The lowest BCUT2D eigenvalue weighted by Gasteiger charge is -2.28. The van der Waals surface area contributed by atoms with Crippen LogP contribution in [-0.2, 0) is 9.53 Å². The van der Waals surface area contributed by atoms with Crippen molar-refractivity contribution in [3.8, 4) is 0 Å². The molecule has 1 rings (SSSR count). The first kappa shape index (κ1) is 14.5. The summed E-state index contributed by atoms with van der Waals surface area (Å²) < 4.78 is 5.40. The van der Waals surface area contributed by atoms with Crippen LogP contribution in [0.5, 0.6) is 0 Å². The molecule has 0 bridgehead atoms. The van der Waals surface area contributed by atoms with Gasteiger partial charge in [-0.05, 0) is 46.6 Å². The summed E-state index contributed by atoms with van der Waals surface area (Å²) in [6.07, 6.45) is 2.21. The number of nitrogens with zero attached hydrogens (tertiary/aromatic N) is 1. The lowest BCUT2D eigenvalue weighted by Crippen LogP contribution is -2.43. The molecular formula is C13H25NO3. The van der Waals surface area contributed by atoms with Crippen LogP contribution in [0.3, 0.4) is 0 Å². The molecule has 0 aromatic heterocycles. The second-order valence-electron chi connectivity index (χ2n) is 5.75. The van der Waals surface area contributed by atoms with Gasteiger partial charge in [-0.25, -0.2) is 0 Å². The van der Waals surface area contributed by atoms with E-state index in [1.807, 2.05) is 32.6 Å². The Morgan fingerprint density at radius 2 is 2.18 bits per heavy atom. The van der Waals surface area contributed by atoms with Gasteiger partial charge in [0.2, 0.25) is 0 Å². The van der Waals surface area contributed by atoms with E-state index < -0.39 is 5.60 Å². The second kappa shape index (κ2) is 5.83. The van der Waals surface area contributed by atoms with Crippen molar-refractivity contribution in [1.82, 2.24) is 4.90 Å². The van der Waals surface area contributed by atoms with Crippen LogP contribution < -0.4 is 0 Å². The van der Waals surface area contributed by atoms with Gasteiger partial charge in [0, 0.05) is 6.54 Å². The van der Waals surface area contributed by atoms with Crippen LogP contribution in [0.15, 0.2) is 0 Å². The summed E-state index contributed by atoms with van der Waals surface area (Å²) in [5.74, 6) is -0.154. The van der Waals surface area contributed by atoms with Crippen LogP contribution in [-0.4, -0.2) is 46.8 Å². The Morgan fingerprint density at radius 3 is 2.71 bits per heavy atom. The number of hydrogen-bond donors (Lipinski definition) is 1. The summed E-state index contributed by atoms with van der Waals surface area (Å²) in [4.78, 5) is 14.0. The predicted molar refractivity (Wildman–Crippen MR) is 66.7 cm³/mol. The molecule has 100 valence electrons. The van der Waals surface area contributed by atoms with Gasteiger partial charge in [-0.2, -0.15) is 0 Å². The first-order chi connectivity index (χ1) is 7.83. The highest BCUT2D eigenvalue weighted by Crippen LogP contribution is 2.21. The highest BCUT2D eigenvalue weighted by Gasteiger charge is 2.34. The normalized spacial score (nSPS) is 23.7. The molecule has 1 fully saturated rings. The van der Waals surface area contributed by atoms with Crippen LogP contribution in [0, 0.1) is 0 Å². The zero-order valence-electron chi connectivity index (χ0n) is 11.4. The van der Waals surface area contributed by atoms with E-state index in [0.717, 1.165) is 25.8 Å². The Labute approximate surface area is 104 Å². The van der Waals surface area contributed by atoms with Crippen molar-refractivity contribution in [2.24, 2.45) is 0 Å². The van der Waals surface area contributed by atoms with E-state index in [4.69, 9.17) is 4.74 Å². The smallest absolute Gasteiger partial charge is 0.323 e. The number of aliphatic hydroxyl groups excluding tert-OH is 1. The van der Waals surface area contributed by atoms with Gasteiger partial charge in [-0.1, -0.05) is 6.92 Å². The molecule has 1 aliphatic rings. The Morgan fingerprint density at radius 1 is 1.53 bits per heavy atom. The topological polar surface area (TPSA) is 49.8 Å². The summed E-state index contributed by atoms with van der Waals surface area (Å²) in [6, 6.07) is -0.171. The lowest BCUT2D eigenvalue weighted by atomic mass is 10.1. The van der Waals surface area contributed by atoms with Gasteiger partial charge in [0.1, 0.15) is 11.6 Å². The fourth-order valence-electron chi connectivity index (χ4n) is 2.08. The van der Waals surface area contributed by atoms with E-state index >= 15 is 0 Å². The molecule has 1 saturated heterocycles. The van der Waals surface area contributed by atoms with E-state index in [1.165, 1.54) is 0 Å². The van der Waals surface area contributed by atoms with Crippen LogP contribution in [0.25, 0.3) is 0 Å². The summed E-state index contributed by atoms with van der Waals surface area (Å²) in [6.45, 7) is 9.03. The number of β-amino-alcohol motifs (C(OH)–C–C–N with tert-alkyl or cyclic N) is 1. The van der Waals surface area contributed by atoms with E-state index in [0.29, 0.717) is 6.54 Å². The zero-order chi connectivity index (χ0) is 13.1. The lowest BCUT2D eigenvalue weighted by molar-refractivity contribution is -0.160. The third-order valence-corrected chi connectivity index (χ3v) is 2.96. The van der Waals surface area contributed by atoms with Crippen LogP contribution in [0.2, 0.25) is 0 Å². The molecule has 1 unspecified atom stereocenters. The van der Waals surface area contributed by atoms with Crippen molar-refractivity contribution in [1.29, 1.82) is 0 Å². The SMILES string of the molecule is CCC(O)CN1CCC[C@@H]1C(=O)OC(C)(C)C. The van der Waals surface area contributed by atoms with Gasteiger partial charge in [0.15, 0.2) is 0 Å². The fraction of sp³-hybridized carbons (Fsp3) is 0.923. The van der Waals surface area contributed by atoms with E-state index in [9.17, 15) is 9.90 Å². The third kappa shape index (κ3) is 4.64. The quantitative estimate of drug-likeness (QED) is 0.761. The molecule has 1 N–H and O–H groups in total. The second-order valence-corrected chi connectivity index (χ2v) is 5.75. The number of esters is 1. The number of hydrogen-bond acceptors (Lipinski definition) is 4. The number of aliphatic hydroxyl groups is 1. The van der Waals surface area contributed by atoms with Crippen molar-refractivity contribution in [3.63, 3.8) is 0 Å². The summed E-state index contributed by atoms with van der Waals surface area (Å²) in [7, 11) is 0. The van der Waals surface area contributed by atoms with Crippen molar-refractivity contribution in [2.45, 2.75) is 64.7 Å². The first-order valence-corrected chi connectivity index (χ1v) is 6.48. The van der Waals surface area contributed by atoms with Gasteiger partial charge in [0.25, 0.3) is 0 Å². The maximum absolute atomic E-state index is 12.0. The average Bonchev–Trinajstić information content (AvgIpc) is 2.63. The Hall–Kier alpha value is -0.610. The molecule has 17 heavy (non-hydrogen) atoms. The minimum absolute atomic E-state index is 0.154. The highest BCUT2D eigenvalue weighted by atomic mass is 16.6. The van der Waals surface area contributed by atoms with Crippen LogP contribution >= 0.6 is 0 Å². The molecule has 1 aliphatic heterocycles. The Kier molecular flexibility index (Phi) is 4.95. The predicted octanol–water partition coefficient (Wildman–Crippen LogP) is 1.56. The average molecular weight is 243 g/mol. The van der Waals surface area contributed by atoms with Crippen molar-refractivity contribution >= 4 is 5.97 Å². The molecule has 0 aromatic rings. The summed E-state index contributed by atoms with van der Waals surface area (Å²) in [5, 5.41) is 9.66. The third-order valence-electron chi connectivity index (χ3n) is 2.96. The summed E-state index contributed by atoms with van der Waals surface area (Å²) in [5.41, 5.74) is -0.436. The maximum Gasteiger partial charge on any atom is 0.323 e. The first-order valence-electron chi connectivity index (χ1n) is 6.48. The van der Waals surface area contributed by atoms with Gasteiger partial charge in [0.05, 0.1) is 6.10 Å². The number of carbonyl (C=O) groups is 1. The van der Waals surface area contributed by atoms with Crippen molar-refractivity contribution in [3.05, 3.63) is 0 Å². The zero-order valence-corrected chi connectivity index (χ0v) is 11.4. The number of carbonyl (C=O) groups excluding carboxylic acids is 1. The molecular weight excluding hydrogens is 218 g/mol. The van der Waals surface area contributed by atoms with Crippen LogP contribution in [0.4, 0.5) is 0 Å². The maximum atomic E-state index is 12.0. The van der Waals surface area contributed by atoms with Crippen molar-refractivity contribution < 1.29 is 14.6 Å². The minimum atomic E-state index is -0.436. The molecule has 0 radical (unpaired) electrons. The van der Waals surface area contributed by atoms with Gasteiger partial charge in [-0.3, -0.25) is 9.69 Å². The largest absolute Gasteiger partial charge is 0.459 e. The number of rotatable bonds is 4. The van der Waals surface area contributed by atoms with E-state index in [-0.39, 0.29) is 18.1 Å². The Bertz CT molecular complexity index is 260. The highest BCUT2D eigenvalue weighted by molar-refractivity contribution is 5.76. The van der Waals surface area contributed by atoms with E-state index in [2.05, 4.69) is 0 Å². The number of likely N-dealkylation sites (tertiary alicyclic amines) is 1. The molecule has 4 heteroatoms. The van der Waals surface area contributed by atoms with Gasteiger partial charge in [-0.15, -0.1) is 0 Å². The molecule has 0 aromatic carbocycles.